The number of rotatable bonds is 9. The van der Waals surface area contributed by atoms with Crippen LogP contribution in [0.5, 0.6) is 0 Å². The molecule has 0 spiro atoms. The Kier molecular flexibility index (Phi) is 10.7. The molecule has 0 saturated carbocycles. The van der Waals surface area contributed by atoms with Crippen molar-refractivity contribution < 1.29 is 19.1 Å². The molecule has 8 nitrogen and oxygen atoms in total. The van der Waals surface area contributed by atoms with Crippen LogP contribution in [0.4, 0.5) is 4.79 Å². The lowest BCUT2D eigenvalue weighted by molar-refractivity contribution is -0.143. The Morgan fingerprint density at radius 3 is 2.23 bits per heavy atom. The highest BCUT2D eigenvalue weighted by Crippen LogP contribution is 2.09. The zero-order valence-electron chi connectivity index (χ0n) is 17.3. The number of hydrogen-bond donors (Lipinski definition) is 3. The molecular formula is C18H36N4O4. The lowest BCUT2D eigenvalue weighted by Gasteiger charge is -2.27. The van der Waals surface area contributed by atoms with E-state index in [1.54, 1.807) is 6.92 Å². The predicted molar refractivity (Wildman–Crippen MR) is 103 cm³/mol. The monoisotopic (exact) mass is 372 g/mol. The average Bonchev–Trinajstić information content (AvgIpc) is 2.46. The number of guanidine groups is 1. The number of aliphatic imine (C=N–C) groups is 1. The van der Waals surface area contributed by atoms with E-state index in [-0.39, 0.29) is 5.97 Å². The Morgan fingerprint density at radius 2 is 1.69 bits per heavy atom. The summed E-state index contributed by atoms with van der Waals surface area (Å²) in [4.78, 5) is 27.7. The standard InChI is InChI=1S/C18H36N4O4/c1-8-19-15(20-12-10-11-14(23)25-9-2)21-13-18(6,7)22-16(24)26-17(3,4)5/h8-13H2,1-7H3,(H,22,24)(H2,19,20,21). The van der Waals surface area contributed by atoms with Crippen molar-refractivity contribution in [3.63, 3.8) is 0 Å². The molecule has 0 fully saturated rings. The van der Waals surface area contributed by atoms with Gasteiger partial charge in [-0.05, 0) is 54.9 Å². The summed E-state index contributed by atoms with van der Waals surface area (Å²) in [5.74, 6) is 0.439. The molecule has 0 aliphatic carbocycles. The van der Waals surface area contributed by atoms with Crippen LogP contribution < -0.4 is 16.0 Å². The van der Waals surface area contributed by atoms with E-state index < -0.39 is 17.2 Å². The SMILES string of the molecule is CCNC(=NCC(C)(C)NC(=O)OC(C)(C)C)NCCCC(=O)OCC. The fraction of sp³-hybridized carbons (Fsp3) is 0.833. The van der Waals surface area contributed by atoms with Crippen LogP contribution in [0.2, 0.25) is 0 Å². The van der Waals surface area contributed by atoms with E-state index >= 15 is 0 Å². The van der Waals surface area contributed by atoms with Gasteiger partial charge < -0.3 is 25.4 Å². The van der Waals surface area contributed by atoms with Gasteiger partial charge in [-0.25, -0.2) is 4.79 Å². The van der Waals surface area contributed by atoms with E-state index in [9.17, 15) is 9.59 Å². The first kappa shape index (κ1) is 24.0. The average molecular weight is 373 g/mol. The smallest absolute Gasteiger partial charge is 0.408 e. The number of alkyl carbamates (subject to hydrolysis) is 1. The molecule has 0 atom stereocenters. The third kappa shape index (κ3) is 13.3. The molecule has 1 amide bonds. The first-order chi connectivity index (χ1) is 12.0. The topological polar surface area (TPSA) is 101 Å². The van der Waals surface area contributed by atoms with E-state index in [0.29, 0.717) is 45.0 Å². The zero-order chi connectivity index (χ0) is 20.2. The highest BCUT2D eigenvalue weighted by atomic mass is 16.6. The number of esters is 1. The second-order valence-electron chi connectivity index (χ2n) is 7.54. The highest BCUT2D eigenvalue weighted by Gasteiger charge is 2.24. The first-order valence-electron chi connectivity index (χ1n) is 9.18. The minimum Gasteiger partial charge on any atom is -0.466 e. The molecule has 0 aliphatic rings. The van der Waals surface area contributed by atoms with Crippen LogP contribution in [-0.4, -0.2) is 55.4 Å². The fourth-order valence-corrected chi connectivity index (χ4v) is 1.91. The third-order valence-electron chi connectivity index (χ3n) is 2.97. The Labute approximate surface area is 157 Å². The second-order valence-corrected chi connectivity index (χ2v) is 7.54. The van der Waals surface area contributed by atoms with Gasteiger partial charge in [-0.2, -0.15) is 0 Å². The lowest BCUT2D eigenvalue weighted by Crippen LogP contribution is -2.49. The summed E-state index contributed by atoms with van der Waals surface area (Å²) in [5.41, 5.74) is -1.10. The molecule has 152 valence electrons. The Bertz CT molecular complexity index is 470. The van der Waals surface area contributed by atoms with Gasteiger partial charge in [0.1, 0.15) is 5.60 Å². The van der Waals surface area contributed by atoms with Gasteiger partial charge in [0.2, 0.25) is 0 Å². The van der Waals surface area contributed by atoms with Gasteiger partial charge in [-0.15, -0.1) is 0 Å². The molecule has 26 heavy (non-hydrogen) atoms. The molecule has 0 bridgehead atoms. The van der Waals surface area contributed by atoms with Crippen LogP contribution in [0, 0.1) is 0 Å². The van der Waals surface area contributed by atoms with E-state index in [1.807, 2.05) is 41.5 Å². The predicted octanol–water partition coefficient (Wildman–Crippen LogP) is 2.19. The highest BCUT2D eigenvalue weighted by molar-refractivity contribution is 5.80. The maximum absolute atomic E-state index is 11.9. The fourth-order valence-electron chi connectivity index (χ4n) is 1.91. The van der Waals surface area contributed by atoms with Crippen molar-refractivity contribution in [2.45, 2.75) is 72.4 Å². The molecular weight excluding hydrogens is 336 g/mol. The largest absolute Gasteiger partial charge is 0.466 e. The normalized spacial score (nSPS) is 12.3. The number of hydrogen-bond acceptors (Lipinski definition) is 5. The summed E-state index contributed by atoms with van der Waals surface area (Å²) >= 11 is 0. The van der Waals surface area contributed by atoms with Crippen molar-refractivity contribution >= 4 is 18.0 Å². The van der Waals surface area contributed by atoms with Crippen molar-refractivity contribution in [3.8, 4) is 0 Å². The Balaban J connectivity index is 4.47. The minimum atomic E-state index is -0.560. The number of nitrogens with one attached hydrogen (secondary N) is 3. The van der Waals surface area contributed by atoms with E-state index in [0.717, 1.165) is 0 Å². The van der Waals surface area contributed by atoms with Crippen LogP contribution in [0.25, 0.3) is 0 Å². The van der Waals surface area contributed by atoms with Crippen LogP contribution in [0.1, 0.15) is 61.3 Å². The summed E-state index contributed by atoms with van der Waals surface area (Å²) in [6.45, 7) is 15.1. The van der Waals surface area contributed by atoms with Crippen molar-refractivity contribution in [1.82, 2.24) is 16.0 Å². The van der Waals surface area contributed by atoms with Crippen LogP contribution in [0.3, 0.4) is 0 Å². The van der Waals surface area contributed by atoms with Gasteiger partial charge in [-0.3, -0.25) is 9.79 Å². The summed E-state index contributed by atoms with van der Waals surface area (Å²) in [5, 5.41) is 9.13. The molecule has 0 aliphatic heterocycles. The summed E-state index contributed by atoms with van der Waals surface area (Å²) in [6, 6.07) is 0. The molecule has 0 heterocycles. The Hall–Kier alpha value is -1.99. The summed E-state index contributed by atoms with van der Waals surface area (Å²) < 4.78 is 10.2. The number of nitrogens with zero attached hydrogens (tertiary/aromatic N) is 1. The first-order valence-corrected chi connectivity index (χ1v) is 9.18. The van der Waals surface area contributed by atoms with Gasteiger partial charge in [0.25, 0.3) is 0 Å². The number of ether oxygens (including phenoxy) is 2. The molecule has 0 aromatic carbocycles. The van der Waals surface area contributed by atoms with Crippen molar-refractivity contribution in [3.05, 3.63) is 0 Å². The Morgan fingerprint density at radius 1 is 1.04 bits per heavy atom. The van der Waals surface area contributed by atoms with Gasteiger partial charge in [0, 0.05) is 19.5 Å². The van der Waals surface area contributed by atoms with E-state index in [4.69, 9.17) is 9.47 Å². The van der Waals surface area contributed by atoms with Crippen molar-refractivity contribution in [2.75, 3.05) is 26.2 Å². The molecule has 0 unspecified atom stereocenters. The zero-order valence-corrected chi connectivity index (χ0v) is 17.3. The van der Waals surface area contributed by atoms with Crippen LogP contribution in [-0.2, 0) is 14.3 Å². The van der Waals surface area contributed by atoms with Crippen molar-refractivity contribution in [1.29, 1.82) is 0 Å². The molecule has 0 saturated heterocycles. The molecule has 0 rings (SSSR count). The van der Waals surface area contributed by atoms with E-state index in [2.05, 4.69) is 20.9 Å². The second kappa shape index (κ2) is 11.6. The van der Waals surface area contributed by atoms with Gasteiger partial charge >= 0.3 is 12.1 Å². The number of amides is 1. The van der Waals surface area contributed by atoms with Crippen molar-refractivity contribution in [2.24, 2.45) is 4.99 Å². The maximum atomic E-state index is 11.9. The summed E-state index contributed by atoms with van der Waals surface area (Å²) in [7, 11) is 0. The number of carbonyl (C=O) groups is 2. The molecule has 0 radical (unpaired) electrons. The molecule has 3 N–H and O–H groups in total. The number of carbonyl (C=O) groups excluding carboxylic acids is 2. The quantitative estimate of drug-likeness (QED) is 0.248. The van der Waals surface area contributed by atoms with Gasteiger partial charge in [0.05, 0.1) is 18.7 Å². The molecule has 0 aromatic heterocycles. The van der Waals surface area contributed by atoms with E-state index in [1.165, 1.54) is 0 Å². The molecule has 8 heteroatoms. The summed E-state index contributed by atoms with van der Waals surface area (Å²) in [6.07, 6.45) is 0.555. The van der Waals surface area contributed by atoms with Crippen LogP contribution >= 0.6 is 0 Å². The maximum Gasteiger partial charge on any atom is 0.408 e. The minimum absolute atomic E-state index is 0.195. The third-order valence-corrected chi connectivity index (χ3v) is 2.97. The lowest BCUT2D eigenvalue weighted by atomic mass is 10.1. The van der Waals surface area contributed by atoms with Gasteiger partial charge in [-0.1, -0.05) is 0 Å². The molecule has 0 aromatic rings. The van der Waals surface area contributed by atoms with Crippen LogP contribution in [0.15, 0.2) is 4.99 Å². The van der Waals surface area contributed by atoms with Gasteiger partial charge in [0.15, 0.2) is 5.96 Å².